The van der Waals surface area contributed by atoms with E-state index in [0.29, 0.717) is 19.6 Å². The van der Waals surface area contributed by atoms with Crippen LogP contribution in [0, 0.1) is 5.92 Å². The summed E-state index contributed by atoms with van der Waals surface area (Å²) in [4.78, 5) is 32.7. The van der Waals surface area contributed by atoms with Gasteiger partial charge in [0.1, 0.15) is 0 Å². The molecule has 0 bridgehead atoms. The zero-order valence-corrected chi connectivity index (χ0v) is 18.5. The van der Waals surface area contributed by atoms with Crippen LogP contribution in [-0.2, 0) is 11.3 Å². The predicted molar refractivity (Wildman–Crippen MR) is 128 cm³/mol. The normalized spacial score (nSPS) is 17.2. The number of benzene rings is 3. The minimum absolute atomic E-state index is 0.0119. The first-order chi connectivity index (χ1) is 15.6. The number of nitrogens with zero attached hydrogens (tertiary/aromatic N) is 3. The average molecular weight is 428 g/mol. The molecule has 2 aliphatic rings. The zero-order chi connectivity index (χ0) is 22.1. The van der Waals surface area contributed by atoms with Gasteiger partial charge in [-0.15, -0.1) is 0 Å². The maximum atomic E-state index is 13.3. The number of carbonyl (C=O) groups is 2. The number of para-hydroxylation sites is 1. The van der Waals surface area contributed by atoms with Crippen LogP contribution >= 0.6 is 0 Å². The van der Waals surface area contributed by atoms with Gasteiger partial charge in [-0.1, -0.05) is 54.6 Å². The number of amides is 2. The fourth-order valence-electron chi connectivity index (χ4n) is 5.05. The molecule has 3 aromatic carbocycles. The van der Waals surface area contributed by atoms with Crippen LogP contribution in [0.1, 0.15) is 28.8 Å². The quantitative estimate of drug-likeness (QED) is 0.617. The van der Waals surface area contributed by atoms with E-state index in [1.54, 1.807) is 0 Å². The van der Waals surface area contributed by atoms with Gasteiger partial charge in [-0.2, -0.15) is 0 Å². The van der Waals surface area contributed by atoms with E-state index in [4.69, 9.17) is 0 Å². The molecule has 0 aromatic heterocycles. The van der Waals surface area contributed by atoms with Crippen LogP contribution in [-0.4, -0.2) is 54.8 Å². The van der Waals surface area contributed by atoms with Gasteiger partial charge in [0.05, 0.1) is 0 Å². The molecule has 5 nitrogen and oxygen atoms in total. The molecular weight excluding hydrogens is 398 g/mol. The Hall–Kier alpha value is -3.34. The number of fused-ring (bicyclic) bond motifs is 2. The highest BCUT2D eigenvalue weighted by Gasteiger charge is 2.32. The summed E-state index contributed by atoms with van der Waals surface area (Å²) in [7, 11) is 2.09. The number of rotatable bonds is 2. The minimum atomic E-state index is -0.0119. The molecule has 2 amide bonds. The summed E-state index contributed by atoms with van der Waals surface area (Å²) >= 11 is 0. The van der Waals surface area contributed by atoms with Crippen LogP contribution in [0.2, 0.25) is 0 Å². The summed E-state index contributed by atoms with van der Waals surface area (Å²) in [6, 6.07) is 22.2. The van der Waals surface area contributed by atoms with Crippen LogP contribution in [0.5, 0.6) is 0 Å². The van der Waals surface area contributed by atoms with Crippen molar-refractivity contribution < 1.29 is 9.59 Å². The minimum Gasteiger partial charge on any atom is -0.373 e. The predicted octanol–water partition coefficient (Wildman–Crippen LogP) is 4.17. The summed E-state index contributed by atoms with van der Waals surface area (Å²) in [5, 5.41) is 2.07. The van der Waals surface area contributed by atoms with E-state index in [-0.39, 0.29) is 17.7 Å². The highest BCUT2D eigenvalue weighted by molar-refractivity contribution is 6.07. The lowest BCUT2D eigenvalue weighted by Crippen LogP contribution is -2.45. The molecule has 1 fully saturated rings. The van der Waals surface area contributed by atoms with Crippen LogP contribution < -0.4 is 4.90 Å². The molecule has 1 saturated heterocycles. The standard InChI is InChI=1S/C27H29N3O2/c1-28-17-18-30(19-22-8-3-5-12-25(22)28)26(31)21-13-15-29(16-14-21)27(32)24-11-6-9-20-7-2-4-10-23(20)24/h2-12,21H,13-19H2,1H3. The van der Waals surface area contributed by atoms with Crippen molar-refractivity contribution >= 4 is 28.3 Å². The second kappa shape index (κ2) is 8.65. The molecule has 0 spiro atoms. The average Bonchev–Trinajstić information content (AvgIpc) is 3.02. The second-order valence-electron chi connectivity index (χ2n) is 8.90. The Balaban J connectivity index is 1.26. The fourth-order valence-corrected chi connectivity index (χ4v) is 5.05. The maximum absolute atomic E-state index is 13.3. The molecular formula is C27H29N3O2. The van der Waals surface area contributed by atoms with Crippen molar-refractivity contribution in [3.63, 3.8) is 0 Å². The highest BCUT2D eigenvalue weighted by Crippen LogP contribution is 2.28. The Bertz CT molecular complexity index is 1150. The maximum Gasteiger partial charge on any atom is 0.254 e. The highest BCUT2D eigenvalue weighted by atomic mass is 16.2. The van der Waals surface area contributed by atoms with E-state index in [9.17, 15) is 9.59 Å². The van der Waals surface area contributed by atoms with E-state index in [0.717, 1.165) is 42.3 Å². The SMILES string of the molecule is CN1CCN(C(=O)C2CCN(C(=O)c3cccc4ccccc34)CC2)Cc2ccccc21. The van der Waals surface area contributed by atoms with Crippen LogP contribution in [0.4, 0.5) is 5.69 Å². The monoisotopic (exact) mass is 427 g/mol. The Morgan fingerprint density at radius 2 is 1.50 bits per heavy atom. The Morgan fingerprint density at radius 1 is 0.781 bits per heavy atom. The topological polar surface area (TPSA) is 43.9 Å². The van der Waals surface area contributed by atoms with Crippen molar-refractivity contribution in [2.45, 2.75) is 19.4 Å². The molecule has 2 heterocycles. The van der Waals surface area contributed by atoms with Gasteiger partial charge < -0.3 is 14.7 Å². The third-order valence-corrected chi connectivity index (χ3v) is 6.93. The molecule has 2 aliphatic heterocycles. The van der Waals surface area contributed by atoms with Crippen molar-refractivity contribution in [1.82, 2.24) is 9.80 Å². The number of piperidine rings is 1. The fraction of sp³-hybridized carbons (Fsp3) is 0.333. The third kappa shape index (κ3) is 3.83. The summed E-state index contributed by atoms with van der Waals surface area (Å²) in [5.74, 6) is 0.285. The van der Waals surface area contributed by atoms with E-state index in [2.05, 4.69) is 30.1 Å². The molecule has 0 aliphatic carbocycles. The van der Waals surface area contributed by atoms with Gasteiger partial charge in [0, 0.05) is 56.9 Å². The van der Waals surface area contributed by atoms with Gasteiger partial charge in [-0.3, -0.25) is 9.59 Å². The molecule has 5 rings (SSSR count). The molecule has 0 radical (unpaired) electrons. The Labute approximate surface area is 189 Å². The van der Waals surface area contributed by atoms with Crippen molar-refractivity contribution in [2.75, 3.05) is 38.1 Å². The third-order valence-electron chi connectivity index (χ3n) is 6.93. The van der Waals surface area contributed by atoms with Crippen molar-refractivity contribution in [3.05, 3.63) is 77.9 Å². The van der Waals surface area contributed by atoms with Gasteiger partial charge in [0.15, 0.2) is 0 Å². The van der Waals surface area contributed by atoms with Crippen LogP contribution in [0.25, 0.3) is 10.8 Å². The molecule has 0 atom stereocenters. The summed E-state index contributed by atoms with van der Waals surface area (Å²) in [5.41, 5.74) is 3.16. The van der Waals surface area contributed by atoms with Gasteiger partial charge in [0.25, 0.3) is 5.91 Å². The first-order valence-corrected chi connectivity index (χ1v) is 11.5. The van der Waals surface area contributed by atoms with Gasteiger partial charge in [-0.05, 0) is 41.3 Å². The van der Waals surface area contributed by atoms with Crippen molar-refractivity contribution in [1.29, 1.82) is 0 Å². The second-order valence-corrected chi connectivity index (χ2v) is 8.90. The molecule has 164 valence electrons. The molecule has 0 unspecified atom stereocenters. The smallest absolute Gasteiger partial charge is 0.254 e. The Kier molecular flexibility index (Phi) is 5.56. The van der Waals surface area contributed by atoms with Crippen molar-refractivity contribution in [3.8, 4) is 0 Å². The van der Waals surface area contributed by atoms with Crippen LogP contribution in [0.3, 0.4) is 0 Å². The van der Waals surface area contributed by atoms with E-state index in [1.165, 1.54) is 11.3 Å². The van der Waals surface area contributed by atoms with Crippen molar-refractivity contribution in [2.24, 2.45) is 5.92 Å². The van der Waals surface area contributed by atoms with E-state index < -0.39 is 0 Å². The summed E-state index contributed by atoms with van der Waals surface area (Å²) in [6.07, 6.45) is 1.45. The molecule has 0 saturated carbocycles. The van der Waals surface area contributed by atoms with E-state index >= 15 is 0 Å². The first kappa shape index (κ1) is 20.6. The summed E-state index contributed by atoms with van der Waals surface area (Å²) < 4.78 is 0. The summed E-state index contributed by atoms with van der Waals surface area (Å²) in [6.45, 7) is 3.49. The zero-order valence-electron chi connectivity index (χ0n) is 18.5. The van der Waals surface area contributed by atoms with Crippen LogP contribution in [0.15, 0.2) is 66.7 Å². The first-order valence-electron chi connectivity index (χ1n) is 11.5. The molecule has 3 aromatic rings. The molecule has 32 heavy (non-hydrogen) atoms. The lowest BCUT2D eigenvalue weighted by Gasteiger charge is -2.34. The number of anilines is 1. The molecule has 0 N–H and O–H groups in total. The van der Waals surface area contributed by atoms with E-state index in [1.807, 2.05) is 58.3 Å². The number of carbonyl (C=O) groups excluding carboxylic acids is 2. The van der Waals surface area contributed by atoms with Gasteiger partial charge in [-0.25, -0.2) is 0 Å². The number of likely N-dealkylation sites (N-methyl/N-ethyl adjacent to an activating group) is 1. The lowest BCUT2D eigenvalue weighted by atomic mass is 9.94. The van der Waals surface area contributed by atoms with Gasteiger partial charge in [0.2, 0.25) is 5.91 Å². The number of hydrogen-bond donors (Lipinski definition) is 0. The van der Waals surface area contributed by atoms with Gasteiger partial charge >= 0.3 is 0 Å². The molecule has 5 heteroatoms. The number of likely N-dealkylation sites (tertiary alicyclic amines) is 1. The Morgan fingerprint density at radius 3 is 2.34 bits per heavy atom. The largest absolute Gasteiger partial charge is 0.373 e. The lowest BCUT2D eigenvalue weighted by molar-refractivity contribution is -0.137. The number of hydrogen-bond acceptors (Lipinski definition) is 3.